The molecule has 5 nitrogen and oxygen atoms in total. The van der Waals surface area contributed by atoms with Gasteiger partial charge >= 0.3 is 12.0 Å². The minimum absolute atomic E-state index is 0.00658. The molecular formula is C19H21ClN2O3. The molecule has 0 aliphatic rings. The first-order chi connectivity index (χ1) is 12.0. The molecule has 2 amide bonds. The molecule has 6 heteroatoms. The molecule has 0 heterocycles. The van der Waals surface area contributed by atoms with E-state index in [0.29, 0.717) is 10.6 Å². The van der Waals surface area contributed by atoms with Gasteiger partial charge in [-0.2, -0.15) is 0 Å². The molecule has 2 unspecified atom stereocenters. The van der Waals surface area contributed by atoms with Crippen LogP contribution in [-0.4, -0.2) is 19.1 Å². The number of ether oxygens (including phenoxy) is 1. The number of carbonyl (C=O) groups excluding carboxylic acids is 2. The lowest BCUT2D eigenvalue weighted by Crippen LogP contribution is -2.40. The van der Waals surface area contributed by atoms with E-state index in [9.17, 15) is 9.59 Å². The van der Waals surface area contributed by atoms with E-state index in [1.54, 1.807) is 24.3 Å². The second kappa shape index (κ2) is 9.08. The molecule has 132 valence electrons. The first kappa shape index (κ1) is 18.8. The van der Waals surface area contributed by atoms with Crippen molar-refractivity contribution in [3.05, 3.63) is 70.7 Å². The third-order valence-corrected chi connectivity index (χ3v) is 4.18. The fourth-order valence-corrected chi connectivity index (χ4v) is 2.74. The second-order valence-corrected chi connectivity index (χ2v) is 6.01. The maximum Gasteiger partial charge on any atom is 0.315 e. The van der Waals surface area contributed by atoms with Gasteiger partial charge < -0.3 is 15.4 Å². The number of hydrogen-bond acceptors (Lipinski definition) is 3. The van der Waals surface area contributed by atoms with E-state index in [2.05, 4.69) is 10.6 Å². The third-order valence-electron chi connectivity index (χ3n) is 3.83. The summed E-state index contributed by atoms with van der Waals surface area (Å²) in [6.07, 6.45) is -0.00658. The van der Waals surface area contributed by atoms with Crippen LogP contribution in [0.3, 0.4) is 0 Å². The zero-order valence-corrected chi connectivity index (χ0v) is 14.9. The Bertz CT molecular complexity index is 722. The van der Waals surface area contributed by atoms with Gasteiger partial charge in [-0.15, -0.1) is 0 Å². The van der Waals surface area contributed by atoms with Crippen molar-refractivity contribution >= 4 is 23.6 Å². The summed E-state index contributed by atoms with van der Waals surface area (Å²) in [6, 6.07) is 15.6. The number of benzene rings is 2. The van der Waals surface area contributed by atoms with E-state index in [1.165, 1.54) is 7.11 Å². The highest BCUT2D eigenvalue weighted by Gasteiger charge is 2.21. The van der Waals surface area contributed by atoms with Crippen LogP contribution in [-0.2, 0) is 9.53 Å². The van der Waals surface area contributed by atoms with Crippen molar-refractivity contribution in [3.63, 3.8) is 0 Å². The van der Waals surface area contributed by atoms with Crippen molar-refractivity contribution in [3.8, 4) is 0 Å². The van der Waals surface area contributed by atoms with E-state index in [0.717, 1.165) is 5.56 Å². The Kier molecular flexibility index (Phi) is 6.83. The van der Waals surface area contributed by atoms with Crippen LogP contribution in [0, 0.1) is 0 Å². The summed E-state index contributed by atoms with van der Waals surface area (Å²) < 4.78 is 4.72. The molecule has 0 aliphatic carbocycles. The zero-order valence-electron chi connectivity index (χ0n) is 14.2. The van der Waals surface area contributed by atoms with Crippen LogP contribution in [0.4, 0.5) is 4.79 Å². The molecule has 2 atom stereocenters. The quantitative estimate of drug-likeness (QED) is 0.765. The molecule has 2 aromatic carbocycles. The van der Waals surface area contributed by atoms with Crippen molar-refractivity contribution < 1.29 is 14.3 Å². The Balaban J connectivity index is 2.09. The SMILES string of the molecule is COC(=O)CC(NC(=O)NC(C)c1ccccc1)c1ccccc1Cl. The third kappa shape index (κ3) is 5.50. The first-order valence-corrected chi connectivity index (χ1v) is 8.32. The summed E-state index contributed by atoms with van der Waals surface area (Å²) in [5.41, 5.74) is 1.65. The van der Waals surface area contributed by atoms with Crippen molar-refractivity contribution in [1.29, 1.82) is 0 Å². The molecule has 0 bridgehead atoms. The number of carbonyl (C=O) groups is 2. The average molecular weight is 361 g/mol. The van der Waals surface area contributed by atoms with Gasteiger partial charge in [0.1, 0.15) is 0 Å². The van der Waals surface area contributed by atoms with Crippen molar-refractivity contribution in [2.45, 2.75) is 25.4 Å². The van der Waals surface area contributed by atoms with Gasteiger partial charge in [0.15, 0.2) is 0 Å². The molecular weight excluding hydrogens is 340 g/mol. The number of urea groups is 1. The molecule has 0 fully saturated rings. The van der Waals surface area contributed by atoms with E-state index in [1.807, 2.05) is 37.3 Å². The molecule has 0 spiro atoms. The van der Waals surface area contributed by atoms with Crippen LogP contribution in [0.5, 0.6) is 0 Å². The lowest BCUT2D eigenvalue weighted by Gasteiger charge is -2.21. The molecule has 0 aromatic heterocycles. The van der Waals surface area contributed by atoms with Gasteiger partial charge in [-0.05, 0) is 24.1 Å². The lowest BCUT2D eigenvalue weighted by molar-refractivity contribution is -0.141. The maximum atomic E-state index is 12.4. The van der Waals surface area contributed by atoms with Gasteiger partial charge in [-0.25, -0.2) is 4.79 Å². The summed E-state index contributed by atoms with van der Waals surface area (Å²) in [5.74, 6) is -0.429. The number of nitrogens with one attached hydrogen (secondary N) is 2. The highest BCUT2D eigenvalue weighted by molar-refractivity contribution is 6.31. The summed E-state index contributed by atoms with van der Waals surface area (Å²) in [7, 11) is 1.31. The molecule has 2 N–H and O–H groups in total. The normalized spacial score (nSPS) is 12.8. The lowest BCUT2D eigenvalue weighted by atomic mass is 10.0. The van der Waals surface area contributed by atoms with Crippen LogP contribution in [0.25, 0.3) is 0 Å². The first-order valence-electron chi connectivity index (χ1n) is 7.94. The highest BCUT2D eigenvalue weighted by atomic mass is 35.5. The average Bonchev–Trinajstić information content (AvgIpc) is 2.62. The van der Waals surface area contributed by atoms with E-state index in [-0.39, 0.29) is 18.5 Å². The van der Waals surface area contributed by atoms with Crippen molar-refractivity contribution in [1.82, 2.24) is 10.6 Å². The van der Waals surface area contributed by atoms with Gasteiger partial charge in [-0.1, -0.05) is 60.1 Å². The predicted octanol–water partition coefficient (Wildman–Crippen LogP) is 4.00. The van der Waals surface area contributed by atoms with Gasteiger partial charge in [0.05, 0.1) is 25.6 Å². The molecule has 0 radical (unpaired) electrons. The van der Waals surface area contributed by atoms with E-state index < -0.39 is 12.0 Å². The Morgan fingerprint density at radius 3 is 2.32 bits per heavy atom. The topological polar surface area (TPSA) is 67.4 Å². The van der Waals surface area contributed by atoms with Crippen LogP contribution in [0.1, 0.15) is 36.6 Å². The number of hydrogen-bond donors (Lipinski definition) is 2. The number of esters is 1. The highest BCUT2D eigenvalue weighted by Crippen LogP contribution is 2.25. The maximum absolute atomic E-state index is 12.4. The molecule has 2 rings (SSSR count). The fourth-order valence-electron chi connectivity index (χ4n) is 2.47. The second-order valence-electron chi connectivity index (χ2n) is 5.60. The zero-order chi connectivity index (χ0) is 18.2. The standard InChI is InChI=1S/C19H21ClN2O3/c1-13(14-8-4-3-5-9-14)21-19(24)22-17(12-18(23)25-2)15-10-6-7-11-16(15)20/h3-11,13,17H,12H2,1-2H3,(H2,21,22,24). The molecule has 0 saturated carbocycles. The fraction of sp³-hybridized carbons (Fsp3) is 0.263. The summed E-state index contributed by atoms with van der Waals surface area (Å²) in [4.78, 5) is 24.1. The van der Waals surface area contributed by atoms with Crippen LogP contribution in [0.2, 0.25) is 5.02 Å². The van der Waals surface area contributed by atoms with Gasteiger partial charge in [0.25, 0.3) is 0 Å². The molecule has 2 aromatic rings. The van der Waals surface area contributed by atoms with Crippen LogP contribution >= 0.6 is 11.6 Å². The van der Waals surface area contributed by atoms with Gasteiger partial charge in [0, 0.05) is 5.02 Å². The van der Waals surface area contributed by atoms with Crippen molar-refractivity contribution in [2.24, 2.45) is 0 Å². The Morgan fingerprint density at radius 2 is 1.68 bits per heavy atom. The number of halogens is 1. The Morgan fingerprint density at radius 1 is 1.04 bits per heavy atom. The summed E-state index contributed by atoms with van der Waals surface area (Å²) in [6.45, 7) is 1.89. The van der Waals surface area contributed by atoms with Crippen molar-refractivity contribution in [2.75, 3.05) is 7.11 Å². The van der Waals surface area contributed by atoms with Crippen LogP contribution in [0.15, 0.2) is 54.6 Å². The Hall–Kier alpha value is -2.53. The Labute approximate surface area is 152 Å². The largest absolute Gasteiger partial charge is 0.469 e. The molecule has 25 heavy (non-hydrogen) atoms. The van der Waals surface area contributed by atoms with Gasteiger partial charge in [-0.3, -0.25) is 4.79 Å². The number of methoxy groups -OCH3 is 1. The van der Waals surface area contributed by atoms with Gasteiger partial charge in [0.2, 0.25) is 0 Å². The predicted molar refractivity (Wildman–Crippen MR) is 97.4 cm³/mol. The molecule has 0 saturated heterocycles. The molecule has 0 aliphatic heterocycles. The minimum Gasteiger partial charge on any atom is -0.469 e. The number of amides is 2. The minimum atomic E-state index is -0.580. The van der Waals surface area contributed by atoms with E-state index >= 15 is 0 Å². The number of rotatable bonds is 6. The smallest absolute Gasteiger partial charge is 0.315 e. The van der Waals surface area contributed by atoms with E-state index in [4.69, 9.17) is 16.3 Å². The van der Waals surface area contributed by atoms with Crippen LogP contribution < -0.4 is 10.6 Å². The summed E-state index contributed by atoms with van der Waals surface area (Å²) >= 11 is 6.21. The summed E-state index contributed by atoms with van der Waals surface area (Å²) in [5, 5.41) is 6.15. The monoisotopic (exact) mass is 360 g/mol.